The Morgan fingerprint density at radius 3 is 2.63 bits per heavy atom. The number of carbonyl (C=O) groups excluding carboxylic acids is 1. The Morgan fingerprint density at radius 2 is 1.97 bits per heavy atom. The van der Waals surface area contributed by atoms with Crippen molar-refractivity contribution in [3.05, 3.63) is 53.0 Å². The number of anilines is 1. The van der Waals surface area contributed by atoms with Gasteiger partial charge in [0.15, 0.2) is 5.69 Å². The Bertz CT molecular complexity index is 872. The molecule has 6 nitrogen and oxygen atoms in total. The van der Waals surface area contributed by atoms with Crippen LogP contribution in [0.1, 0.15) is 59.5 Å². The normalized spacial score (nSPS) is 19.4. The minimum Gasteiger partial charge on any atom is -0.461 e. The number of hydrogen-bond acceptors (Lipinski definition) is 6. The average molecular weight is 423 g/mol. The minimum absolute atomic E-state index is 0.133. The first-order chi connectivity index (χ1) is 14.3. The molecule has 0 aliphatic carbocycles. The topological polar surface area (TPSA) is 73.3 Å². The molecule has 1 aliphatic heterocycles. The van der Waals surface area contributed by atoms with E-state index >= 15 is 0 Å². The van der Waals surface area contributed by atoms with Gasteiger partial charge < -0.3 is 14.8 Å². The number of aromatic nitrogens is 2. The second-order valence-corrected chi connectivity index (χ2v) is 7.09. The zero-order valence-electron chi connectivity index (χ0n) is 16.8. The number of hydrogen-bond donors (Lipinski definition) is 1. The summed E-state index contributed by atoms with van der Waals surface area (Å²) in [6, 6.07) is 5.12. The van der Waals surface area contributed by atoms with Crippen LogP contribution in [0.4, 0.5) is 19.0 Å². The zero-order chi connectivity index (χ0) is 21.7. The van der Waals surface area contributed by atoms with Crippen molar-refractivity contribution >= 4 is 11.8 Å². The van der Waals surface area contributed by atoms with Crippen LogP contribution >= 0.6 is 0 Å². The van der Waals surface area contributed by atoms with E-state index in [9.17, 15) is 18.0 Å². The molecule has 1 aliphatic rings. The van der Waals surface area contributed by atoms with Crippen molar-refractivity contribution < 1.29 is 27.4 Å². The van der Waals surface area contributed by atoms with Gasteiger partial charge in [-0.3, -0.25) is 0 Å². The van der Waals surface area contributed by atoms with Crippen molar-refractivity contribution in [1.29, 1.82) is 0 Å². The molecular weight excluding hydrogens is 399 g/mol. The van der Waals surface area contributed by atoms with E-state index in [0.717, 1.165) is 37.0 Å². The summed E-state index contributed by atoms with van der Waals surface area (Å²) in [6.07, 6.45) is -0.972. The molecule has 1 aromatic heterocycles. The van der Waals surface area contributed by atoms with Crippen molar-refractivity contribution in [3.63, 3.8) is 0 Å². The minimum atomic E-state index is -4.35. The van der Waals surface area contributed by atoms with Crippen molar-refractivity contribution in [2.24, 2.45) is 0 Å². The Labute approximate surface area is 172 Å². The lowest BCUT2D eigenvalue weighted by Gasteiger charge is -2.31. The monoisotopic (exact) mass is 423 g/mol. The predicted molar refractivity (Wildman–Crippen MR) is 104 cm³/mol. The first kappa shape index (κ1) is 22.0. The largest absolute Gasteiger partial charge is 0.461 e. The molecule has 2 atom stereocenters. The Kier molecular flexibility index (Phi) is 6.91. The summed E-state index contributed by atoms with van der Waals surface area (Å²) in [5.41, 5.74) is 0.861. The summed E-state index contributed by atoms with van der Waals surface area (Å²) in [6.45, 7) is 4.17. The number of benzene rings is 1. The van der Waals surface area contributed by atoms with Crippen LogP contribution in [0.5, 0.6) is 0 Å². The molecule has 1 N–H and O–H groups in total. The van der Waals surface area contributed by atoms with Crippen LogP contribution in [0.2, 0.25) is 0 Å². The van der Waals surface area contributed by atoms with E-state index in [4.69, 9.17) is 9.47 Å². The number of alkyl halides is 3. The zero-order valence-corrected chi connectivity index (χ0v) is 16.8. The van der Waals surface area contributed by atoms with Crippen LogP contribution in [-0.4, -0.2) is 35.2 Å². The lowest BCUT2D eigenvalue weighted by Crippen LogP contribution is -2.29. The van der Waals surface area contributed by atoms with E-state index in [-0.39, 0.29) is 24.5 Å². The number of esters is 1. The first-order valence-corrected chi connectivity index (χ1v) is 9.84. The first-order valence-electron chi connectivity index (χ1n) is 9.84. The maximum absolute atomic E-state index is 12.8. The highest BCUT2D eigenvalue weighted by Crippen LogP contribution is 2.34. The average Bonchev–Trinajstić information content (AvgIpc) is 2.73. The fourth-order valence-electron chi connectivity index (χ4n) is 3.43. The number of nitrogens with zero attached hydrogens (tertiary/aromatic N) is 2. The second-order valence-electron chi connectivity index (χ2n) is 7.09. The van der Waals surface area contributed by atoms with Crippen molar-refractivity contribution in [2.75, 3.05) is 18.5 Å². The third-order valence-electron chi connectivity index (χ3n) is 5.01. The maximum Gasteiger partial charge on any atom is 0.416 e. The number of rotatable bonds is 6. The molecule has 162 valence electrons. The maximum atomic E-state index is 12.8. The third-order valence-corrected chi connectivity index (χ3v) is 5.01. The van der Waals surface area contributed by atoms with E-state index in [0.29, 0.717) is 17.9 Å². The van der Waals surface area contributed by atoms with Gasteiger partial charge >= 0.3 is 12.1 Å². The summed E-state index contributed by atoms with van der Waals surface area (Å²) in [7, 11) is 0. The van der Waals surface area contributed by atoms with Crippen LogP contribution in [0.25, 0.3) is 0 Å². The second kappa shape index (κ2) is 9.42. The van der Waals surface area contributed by atoms with Gasteiger partial charge in [-0.15, -0.1) is 0 Å². The van der Waals surface area contributed by atoms with Gasteiger partial charge in [0.25, 0.3) is 0 Å². The molecule has 9 heteroatoms. The SMILES string of the molecule is CCOC(=O)c1ncnc(NCC2CCCC(c3ccc(C(F)(F)F)cc3)O2)c1C. The molecule has 0 amide bonds. The molecule has 2 aromatic rings. The molecule has 1 fully saturated rings. The molecule has 0 radical (unpaired) electrons. The van der Waals surface area contributed by atoms with Gasteiger partial charge in [-0.25, -0.2) is 14.8 Å². The molecule has 1 saturated heterocycles. The van der Waals surface area contributed by atoms with Crippen LogP contribution in [0.15, 0.2) is 30.6 Å². The Morgan fingerprint density at radius 1 is 1.23 bits per heavy atom. The fraction of sp³-hybridized carbons (Fsp3) is 0.476. The van der Waals surface area contributed by atoms with Gasteiger partial charge in [0.05, 0.1) is 24.4 Å². The lowest BCUT2D eigenvalue weighted by molar-refractivity contribution is -0.137. The molecule has 2 heterocycles. The summed E-state index contributed by atoms with van der Waals surface area (Å²) in [5.74, 6) is 0.0186. The van der Waals surface area contributed by atoms with Gasteiger partial charge in [0, 0.05) is 12.1 Å². The van der Waals surface area contributed by atoms with Crippen LogP contribution in [-0.2, 0) is 15.7 Å². The summed E-state index contributed by atoms with van der Waals surface area (Å²) in [5, 5.41) is 3.19. The van der Waals surface area contributed by atoms with E-state index in [2.05, 4.69) is 15.3 Å². The summed E-state index contributed by atoms with van der Waals surface area (Å²) in [4.78, 5) is 20.1. The highest BCUT2D eigenvalue weighted by molar-refractivity contribution is 5.90. The summed E-state index contributed by atoms with van der Waals surface area (Å²) < 4.78 is 49.4. The van der Waals surface area contributed by atoms with E-state index in [1.165, 1.54) is 18.5 Å². The third kappa shape index (κ3) is 5.27. The molecule has 0 spiro atoms. The molecule has 30 heavy (non-hydrogen) atoms. The Balaban J connectivity index is 1.62. The van der Waals surface area contributed by atoms with Crippen LogP contribution < -0.4 is 5.32 Å². The predicted octanol–water partition coefficient (Wildman–Crippen LogP) is 4.70. The number of halogens is 3. The molecule has 0 saturated carbocycles. The van der Waals surface area contributed by atoms with Crippen LogP contribution in [0.3, 0.4) is 0 Å². The van der Waals surface area contributed by atoms with E-state index < -0.39 is 17.7 Å². The van der Waals surface area contributed by atoms with Gasteiger partial charge in [0.2, 0.25) is 0 Å². The van der Waals surface area contributed by atoms with Gasteiger partial charge in [-0.05, 0) is 50.8 Å². The Hall–Kier alpha value is -2.68. The van der Waals surface area contributed by atoms with Crippen molar-refractivity contribution in [2.45, 2.75) is 51.5 Å². The van der Waals surface area contributed by atoms with E-state index in [1.807, 2.05) is 0 Å². The molecule has 1 aromatic carbocycles. The highest BCUT2D eigenvalue weighted by Gasteiger charge is 2.31. The molecular formula is C21H24F3N3O3. The number of carbonyl (C=O) groups is 1. The number of nitrogens with one attached hydrogen (secondary N) is 1. The fourth-order valence-corrected chi connectivity index (χ4v) is 3.43. The molecule has 0 bridgehead atoms. The quantitative estimate of drug-likeness (QED) is 0.679. The standard InChI is InChI=1S/C21H24F3N3O3/c1-3-29-20(28)18-13(2)19(27-12-26-18)25-11-16-5-4-6-17(30-16)14-7-9-15(10-8-14)21(22,23)24/h7-10,12,16-17H,3-6,11H2,1-2H3,(H,25,26,27). The molecule has 3 rings (SSSR count). The lowest BCUT2D eigenvalue weighted by atomic mass is 9.97. The molecule has 2 unspecified atom stereocenters. The van der Waals surface area contributed by atoms with Crippen LogP contribution in [0, 0.1) is 6.92 Å². The van der Waals surface area contributed by atoms with Crippen molar-refractivity contribution in [1.82, 2.24) is 9.97 Å². The van der Waals surface area contributed by atoms with Gasteiger partial charge in [-0.2, -0.15) is 13.2 Å². The van der Waals surface area contributed by atoms with E-state index in [1.54, 1.807) is 13.8 Å². The highest BCUT2D eigenvalue weighted by atomic mass is 19.4. The number of ether oxygens (including phenoxy) is 2. The smallest absolute Gasteiger partial charge is 0.416 e. The van der Waals surface area contributed by atoms with Crippen molar-refractivity contribution in [3.8, 4) is 0 Å². The van der Waals surface area contributed by atoms with Gasteiger partial charge in [-0.1, -0.05) is 12.1 Å². The summed E-state index contributed by atoms with van der Waals surface area (Å²) >= 11 is 0. The van der Waals surface area contributed by atoms with Gasteiger partial charge in [0.1, 0.15) is 12.1 Å².